The van der Waals surface area contributed by atoms with Gasteiger partial charge in [0.1, 0.15) is 5.82 Å². The molecule has 0 aromatic carbocycles. The number of aromatic nitrogens is 2. The van der Waals surface area contributed by atoms with Crippen LogP contribution in [0.2, 0.25) is 0 Å². The van der Waals surface area contributed by atoms with Gasteiger partial charge in [-0.15, -0.1) is 0 Å². The highest BCUT2D eigenvalue weighted by Crippen LogP contribution is 2.27. The van der Waals surface area contributed by atoms with Gasteiger partial charge in [-0.25, -0.2) is 4.98 Å². The Kier molecular flexibility index (Phi) is 3.76. The standard InChI is InChI=1S/C11H20N4S/c1-8(2)10-13-11(16-14-10)15-6-4-3-5-9(15)7-12/h8-9H,3-7,12H2,1-2H3. The molecule has 1 fully saturated rings. The van der Waals surface area contributed by atoms with Crippen molar-refractivity contribution >= 4 is 16.7 Å². The van der Waals surface area contributed by atoms with E-state index in [-0.39, 0.29) is 0 Å². The molecule has 1 aromatic heterocycles. The Morgan fingerprint density at radius 1 is 1.50 bits per heavy atom. The van der Waals surface area contributed by atoms with Gasteiger partial charge in [0.15, 0.2) is 0 Å². The number of piperidine rings is 1. The second-order valence-corrected chi connectivity index (χ2v) is 5.40. The summed E-state index contributed by atoms with van der Waals surface area (Å²) in [5.74, 6) is 1.37. The summed E-state index contributed by atoms with van der Waals surface area (Å²) >= 11 is 1.51. The predicted molar refractivity (Wildman–Crippen MR) is 68.0 cm³/mol. The molecule has 0 amide bonds. The molecule has 2 rings (SSSR count). The molecule has 2 heterocycles. The minimum Gasteiger partial charge on any atom is -0.343 e. The molecule has 16 heavy (non-hydrogen) atoms. The van der Waals surface area contributed by atoms with E-state index >= 15 is 0 Å². The lowest BCUT2D eigenvalue weighted by atomic mass is 10.0. The number of anilines is 1. The fourth-order valence-electron chi connectivity index (χ4n) is 2.08. The Labute approximate surface area is 101 Å². The van der Waals surface area contributed by atoms with Crippen LogP contribution in [0.15, 0.2) is 0 Å². The van der Waals surface area contributed by atoms with Crippen molar-refractivity contribution in [3.63, 3.8) is 0 Å². The zero-order valence-corrected chi connectivity index (χ0v) is 10.8. The van der Waals surface area contributed by atoms with Crippen molar-refractivity contribution in [3.8, 4) is 0 Å². The maximum Gasteiger partial charge on any atom is 0.205 e. The van der Waals surface area contributed by atoms with E-state index in [1.807, 2.05) is 0 Å². The minimum atomic E-state index is 0.408. The molecule has 90 valence electrons. The fourth-order valence-corrected chi connectivity index (χ4v) is 2.98. The Morgan fingerprint density at radius 3 is 2.94 bits per heavy atom. The maximum absolute atomic E-state index is 5.81. The van der Waals surface area contributed by atoms with E-state index in [2.05, 4.69) is 28.1 Å². The van der Waals surface area contributed by atoms with Crippen LogP contribution in [-0.4, -0.2) is 28.5 Å². The Hall–Kier alpha value is -0.680. The Balaban J connectivity index is 2.14. The maximum atomic E-state index is 5.81. The van der Waals surface area contributed by atoms with E-state index in [9.17, 15) is 0 Å². The first-order valence-electron chi connectivity index (χ1n) is 6.02. The van der Waals surface area contributed by atoms with E-state index in [0.29, 0.717) is 12.0 Å². The highest BCUT2D eigenvalue weighted by Gasteiger charge is 2.24. The lowest BCUT2D eigenvalue weighted by molar-refractivity contribution is 0.464. The van der Waals surface area contributed by atoms with Gasteiger partial charge in [-0.3, -0.25) is 0 Å². The molecular weight excluding hydrogens is 220 g/mol. The predicted octanol–water partition coefficient (Wildman–Crippen LogP) is 1.98. The van der Waals surface area contributed by atoms with Gasteiger partial charge in [0.25, 0.3) is 0 Å². The largest absolute Gasteiger partial charge is 0.343 e. The minimum absolute atomic E-state index is 0.408. The van der Waals surface area contributed by atoms with E-state index in [1.54, 1.807) is 0 Å². The van der Waals surface area contributed by atoms with Crippen LogP contribution < -0.4 is 10.6 Å². The normalized spacial score (nSPS) is 21.8. The molecular formula is C11H20N4S. The van der Waals surface area contributed by atoms with Crippen molar-refractivity contribution in [2.45, 2.75) is 45.1 Å². The first kappa shape index (κ1) is 11.8. The van der Waals surface area contributed by atoms with Gasteiger partial charge in [0.2, 0.25) is 5.13 Å². The smallest absolute Gasteiger partial charge is 0.205 e. The van der Waals surface area contributed by atoms with Gasteiger partial charge in [0, 0.05) is 36.6 Å². The van der Waals surface area contributed by atoms with Crippen LogP contribution in [0.1, 0.15) is 44.9 Å². The fraction of sp³-hybridized carbons (Fsp3) is 0.818. The van der Waals surface area contributed by atoms with E-state index in [0.717, 1.165) is 24.0 Å². The van der Waals surface area contributed by atoms with Crippen molar-refractivity contribution < 1.29 is 0 Å². The Morgan fingerprint density at radius 2 is 2.31 bits per heavy atom. The van der Waals surface area contributed by atoms with Crippen molar-refractivity contribution in [2.75, 3.05) is 18.0 Å². The molecule has 5 heteroatoms. The van der Waals surface area contributed by atoms with Gasteiger partial charge < -0.3 is 10.6 Å². The van der Waals surface area contributed by atoms with Crippen LogP contribution in [-0.2, 0) is 0 Å². The first-order chi connectivity index (χ1) is 7.72. The average Bonchev–Trinajstić information content (AvgIpc) is 2.78. The molecule has 1 saturated heterocycles. The quantitative estimate of drug-likeness (QED) is 0.877. The monoisotopic (exact) mass is 240 g/mol. The van der Waals surface area contributed by atoms with E-state index < -0.39 is 0 Å². The van der Waals surface area contributed by atoms with Gasteiger partial charge >= 0.3 is 0 Å². The molecule has 0 bridgehead atoms. The van der Waals surface area contributed by atoms with Crippen molar-refractivity contribution in [2.24, 2.45) is 5.73 Å². The summed E-state index contributed by atoms with van der Waals surface area (Å²) in [6.45, 7) is 6.05. The summed E-state index contributed by atoms with van der Waals surface area (Å²) < 4.78 is 4.41. The highest BCUT2D eigenvalue weighted by atomic mass is 32.1. The van der Waals surface area contributed by atoms with Crippen molar-refractivity contribution in [1.82, 2.24) is 9.36 Å². The number of rotatable bonds is 3. The average molecular weight is 240 g/mol. The number of nitrogens with zero attached hydrogens (tertiary/aromatic N) is 3. The van der Waals surface area contributed by atoms with Gasteiger partial charge in [0.05, 0.1) is 0 Å². The summed E-state index contributed by atoms with van der Waals surface area (Å²) in [5, 5.41) is 1.05. The molecule has 0 aliphatic carbocycles. The number of hydrogen-bond donors (Lipinski definition) is 1. The molecule has 1 aromatic rings. The molecule has 1 unspecified atom stereocenters. The second kappa shape index (κ2) is 5.10. The third-order valence-corrected chi connectivity index (χ3v) is 3.86. The first-order valence-corrected chi connectivity index (χ1v) is 6.80. The van der Waals surface area contributed by atoms with Gasteiger partial charge in [-0.05, 0) is 19.3 Å². The number of hydrogen-bond acceptors (Lipinski definition) is 5. The summed E-state index contributed by atoms with van der Waals surface area (Å²) in [6.07, 6.45) is 3.72. The van der Waals surface area contributed by atoms with Crippen LogP contribution in [0.5, 0.6) is 0 Å². The third kappa shape index (κ3) is 2.35. The van der Waals surface area contributed by atoms with Crippen LogP contribution in [0.4, 0.5) is 5.13 Å². The van der Waals surface area contributed by atoms with Crippen LogP contribution in [0.3, 0.4) is 0 Å². The lowest BCUT2D eigenvalue weighted by Gasteiger charge is -2.34. The van der Waals surface area contributed by atoms with Crippen LogP contribution in [0.25, 0.3) is 0 Å². The molecule has 2 N–H and O–H groups in total. The Bertz CT molecular complexity index is 336. The molecule has 0 spiro atoms. The van der Waals surface area contributed by atoms with Crippen LogP contribution >= 0.6 is 11.5 Å². The van der Waals surface area contributed by atoms with E-state index in [4.69, 9.17) is 5.73 Å². The molecule has 1 atom stereocenters. The molecule has 4 nitrogen and oxygen atoms in total. The summed E-state index contributed by atoms with van der Waals surface area (Å²) in [5.41, 5.74) is 5.81. The van der Waals surface area contributed by atoms with Gasteiger partial charge in [-0.1, -0.05) is 13.8 Å². The molecule has 1 aliphatic heterocycles. The lowest BCUT2D eigenvalue weighted by Crippen LogP contribution is -2.44. The molecule has 0 saturated carbocycles. The summed E-state index contributed by atoms with van der Waals surface area (Å²) in [6, 6.07) is 0.460. The SMILES string of the molecule is CC(C)c1nsc(N2CCCCC2CN)n1. The van der Waals surface area contributed by atoms with E-state index in [1.165, 1.54) is 30.8 Å². The third-order valence-electron chi connectivity index (χ3n) is 3.09. The topological polar surface area (TPSA) is 55.0 Å². The van der Waals surface area contributed by atoms with Gasteiger partial charge in [-0.2, -0.15) is 4.37 Å². The summed E-state index contributed by atoms with van der Waals surface area (Å²) in [7, 11) is 0. The second-order valence-electron chi connectivity index (χ2n) is 4.67. The van der Waals surface area contributed by atoms with Crippen molar-refractivity contribution in [3.05, 3.63) is 5.82 Å². The molecule has 1 aliphatic rings. The zero-order chi connectivity index (χ0) is 11.5. The molecule has 0 radical (unpaired) electrons. The van der Waals surface area contributed by atoms with Crippen molar-refractivity contribution in [1.29, 1.82) is 0 Å². The summed E-state index contributed by atoms with van der Waals surface area (Å²) in [4.78, 5) is 6.95. The number of nitrogens with two attached hydrogens (primary N) is 1. The zero-order valence-electron chi connectivity index (χ0n) is 10.0. The highest BCUT2D eigenvalue weighted by molar-refractivity contribution is 7.09. The van der Waals surface area contributed by atoms with Crippen LogP contribution in [0, 0.1) is 0 Å².